The molecule has 0 spiro atoms. The smallest absolute Gasteiger partial charge is 0.334 e. The molecule has 1 atom stereocenters. The van der Waals surface area contributed by atoms with Gasteiger partial charge in [0.25, 0.3) is 0 Å². The molecule has 0 fully saturated rings. The second-order valence-corrected chi connectivity index (χ2v) is 2.74. The van der Waals surface area contributed by atoms with Gasteiger partial charge in [-0.2, -0.15) is 0 Å². The van der Waals surface area contributed by atoms with Crippen molar-refractivity contribution in [1.82, 2.24) is 4.90 Å². The van der Waals surface area contributed by atoms with Crippen LogP contribution >= 0.6 is 0 Å². The Hall–Kier alpha value is -1.39. The maximum absolute atomic E-state index is 11.2. The molecular formula is C8H12N2O3. The summed E-state index contributed by atoms with van der Waals surface area (Å²) in [7, 11) is 1.29. The minimum Gasteiger partial charge on any atom is -0.467 e. The van der Waals surface area contributed by atoms with Crippen molar-refractivity contribution in [2.75, 3.05) is 20.2 Å². The lowest BCUT2D eigenvalue weighted by atomic mass is 10.2. The van der Waals surface area contributed by atoms with E-state index in [0.29, 0.717) is 13.1 Å². The summed E-state index contributed by atoms with van der Waals surface area (Å²) < 4.78 is 4.55. The summed E-state index contributed by atoms with van der Waals surface area (Å²) in [4.78, 5) is 27.6. The van der Waals surface area contributed by atoms with Crippen molar-refractivity contribution in [3.05, 3.63) is 0 Å². The summed E-state index contributed by atoms with van der Waals surface area (Å²) in [5.74, 6) is -0.583. The topological polar surface area (TPSA) is 59.0 Å². The van der Waals surface area contributed by atoms with Crippen LogP contribution in [0.15, 0.2) is 4.99 Å². The van der Waals surface area contributed by atoms with Crippen LogP contribution in [0.1, 0.15) is 6.92 Å². The van der Waals surface area contributed by atoms with E-state index in [4.69, 9.17) is 0 Å². The molecule has 72 valence electrons. The van der Waals surface area contributed by atoms with Crippen molar-refractivity contribution in [1.29, 1.82) is 0 Å². The predicted octanol–water partition coefficient (Wildman–Crippen LogP) is -0.539. The first-order valence-electron chi connectivity index (χ1n) is 4.02. The fourth-order valence-electron chi connectivity index (χ4n) is 1.22. The number of hydrogen-bond donors (Lipinski definition) is 0. The zero-order valence-corrected chi connectivity index (χ0v) is 7.69. The molecule has 0 aromatic rings. The average molecular weight is 184 g/mol. The van der Waals surface area contributed by atoms with Crippen LogP contribution < -0.4 is 0 Å². The van der Waals surface area contributed by atoms with Crippen LogP contribution in [0.4, 0.5) is 0 Å². The summed E-state index contributed by atoms with van der Waals surface area (Å²) in [5.41, 5.74) is 0. The van der Waals surface area contributed by atoms with Gasteiger partial charge < -0.3 is 9.64 Å². The molecule has 5 heteroatoms. The third kappa shape index (κ3) is 2.05. The quantitative estimate of drug-likeness (QED) is 0.514. The van der Waals surface area contributed by atoms with Gasteiger partial charge in [0.05, 0.1) is 13.7 Å². The molecule has 1 aliphatic rings. The minimum absolute atomic E-state index is 0.137. The maximum Gasteiger partial charge on any atom is 0.334 e. The Morgan fingerprint density at radius 2 is 2.31 bits per heavy atom. The van der Waals surface area contributed by atoms with Crippen molar-refractivity contribution in [2.45, 2.75) is 13.0 Å². The van der Waals surface area contributed by atoms with Gasteiger partial charge in [-0.15, -0.1) is 0 Å². The molecule has 0 bridgehead atoms. The van der Waals surface area contributed by atoms with Crippen LogP contribution in [0.5, 0.6) is 0 Å². The number of carbonyl (C=O) groups is 2. The number of aliphatic imine (C=N–C) groups is 1. The normalized spacial score (nSPS) is 21.4. The van der Waals surface area contributed by atoms with Crippen LogP contribution in [-0.4, -0.2) is 49.2 Å². The number of nitrogens with zero attached hydrogens (tertiary/aromatic N) is 2. The van der Waals surface area contributed by atoms with Crippen LogP contribution in [0.3, 0.4) is 0 Å². The molecule has 0 aromatic heterocycles. The maximum atomic E-state index is 11.2. The van der Waals surface area contributed by atoms with Gasteiger partial charge >= 0.3 is 5.97 Å². The first-order valence-corrected chi connectivity index (χ1v) is 4.02. The SMILES string of the molecule is COC(=O)C1C=NCCN1C(C)=O. The molecule has 0 radical (unpaired) electrons. The molecule has 0 saturated heterocycles. The Morgan fingerprint density at radius 3 is 2.85 bits per heavy atom. The van der Waals surface area contributed by atoms with Crippen molar-refractivity contribution in [2.24, 2.45) is 4.99 Å². The van der Waals surface area contributed by atoms with Crippen LogP contribution in [0.2, 0.25) is 0 Å². The number of methoxy groups -OCH3 is 1. The van der Waals surface area contributed by atoms with Gasteiger partial charge in [0.15, 0.2) is 6.04 Å². The molecule has 0 aliphatic carbocycles. The first-order chi connectivity index (χ1) is 6.16. The zero-order valence-electron chi connectivity index (χ0n) is 7.69. The van der Waals surface area contributed by atoms with E-state index < -0.39 is 12.0 Å². The second kappa shape index (κ2) is 4.02. The molecule has 1 aliphatic heterocycles. The fraction of sp³-hybridized carbons (Fsp3) is 0.625. The Balaban J connectivity index is 2.77. The fourth-order valence-corrected chi connectivity index (χ4v) is 1.22. The Bertz CT molecular complexity index is 250. The summed E-state index contributed by atoms with van der Waals surface area (Å²) >= 11 is 0. The molecule has 0 aromatic carbocycles. The standard InChI is InChI=1S/C8H12N2O3/c1-6(11)10-4-3-9-5-7(10)8(12)13-2/h5,7H,3-4H2,1-2H3. The number of ether oxygens (including phenoxy) is 1. The van der Waals surface area contributed by atoms with E-state index in [-0.39, 0.29) is 5.91 Å². The summed E-state index contributed by atoms with van der Waals surface area (Å²) in [6.45, 7) is 2.45. The highest BCUT2D eigenvalue weighted by Gasteiger charge is 2.28. The Kier molecular flexibility index (Phi) is 3.00. The zero-order chi connectivity index (χ0) is 9.84. The lowest BCUT2D eigenvalue weighted by Crippen LogP contribution is -2.49. The van der Waals surface area contributed by atoms with E-state index in [0.717, 1.165) is 0 Å². The van der Waals surface area contributed by atoms with Crippen LogP contribution in [0, 0.1) is 0 Å². The average Bonchev–Trinajstić information content (AvgIpc) is 2.16. The van der Waals surface area contributed by atoms with Gasteiger partial charge in [-0.3, -0.25) is 9.79 Å². The van der Waals surface area contributed by atoms with Gasteiger partial charge in [0, 0.05) is 19.7 Å². The largest absolute Gasteiger partial charge is 0.467 e. The monoisotopic (exact) mass is 184 g/mol. The second-order valence-electron chi connectivity index (χ2n) is 2.74. The van der Waals surface area contributed by atoms with Crippen molar-refractivity contribution in [3.63, 3.8) is 0 Å². The van der Waals surface area contributed by atoms with Gasteiger partial charge in [0.1, 0.15) is 0 Å². The van der Waals surface area contributed by atoms with Gasteiger partial charge in [0.2, 0.25) is 5.91 Å². The third-order valence-corrected chi connectivity index (χ3v) is 1.90. The number of hydrogen-bond acceptors (Lipinski definition) is 4. The first kappa shape index (κ1) is 9.70. The van der Waals surface area contributed by atoms with E-state index in [1.54, 1.807) is 0 Å². The number of rotatable bonds is 1. The highest BCUT2D eigenvalue weighted by molar-refractivity contribution is 5.98. The van der Waals surface area contributed by atoms with Gasteiger partial charge in [-0.25, -0.2) is 4.79 Å². The molecule has 1 rings (SSSR count). The molecule has 1 unspecified atom stereocenters. The summed E-state index contributed by atoms with van der Waals surface area (Å²) in [6.07, 6.45) is 1.46. The number of esters is 1. The minimum atomic E-state index is -0.642. The molecular weight excluding hydrogens is 172 g/mol. The third-order valence-electron chi connectivity index (χ3n) is 1.90. The van der Waals surface area contributed by atoms with Gasteiger partial charge in [-0.1, -0.05) is 0 Å². The van der Waals surface area contributed by atoms with Crippen molar-refractivity contribution in [3.8, 4) is 0 Å². The Labute approximate surface area is 76.4 Å². The lowest BCUT2D eigenvalue weighted by Gasteiger charge is -2.28. The van der Waals surface area contributed by atoms with E-state index in [1.165, 1.54) is 25.1 Å². The molecule has 5 nitrogen and oxygen atoms in total. The highest BCUT2D eigenvalue weighted by Crippen LogP contribution is 2.04. The molecule has 13 heavy (non-hydrogen) atoms. The van der Waals surface area contributed by atoms with E-state index in [1.807, 2.05) is 0 Å². The van der Waals surface area contributed by atoms with E-state index in [2.05, 4.69) is 9.73 Å². The Morgan fingerprint density at radius 1 is 1.62 bits per heavy atom. The predicted molar refractivity (Wildman–Crippen MR) is 46.6 cm³/mol. The molecule has 0 saturated carbocycles. The van der Waals surface area contributed by atoms with Crippen LogP contribution in [-0.2, 0) is 14.3 Å². The van der Waals surface area contributed by atoms with Crippen LogP contribution in [0.25, 0.3) is 0 Å². The molecule has 1 heterocycles. The lowest BCUT2D eigenvalue weighted by molar-refractivity contribution is -0.149. The number of carbonyl (C=O) groups excluding carboxylic acids is 2. The van der Waals surface area contributed by atoms with Crippen molar-refractivity contribution < 1.29 is 14.3 Å². The summed E-state index contributed by atoms with van der Waals surface area (Å²) in [5, 5.41) is 0. The van der Waals surface area contributed by atoms with E-state index >= 15 is 0 Å². The highest BCUT2D eigenvalue weighted by atomic mass is 16.5. The van der Waals surface area contributed by atoms with Gasteiger partial charge in [-0.05, 0) is 0 Å². The van der Waals surface area contributed by atoms with E-state index in [9.17, 15) is 9.59 Å². The molecule has 0 N–H and O–H groups in total. The number of amides is 1. The summed E-state index contributed by atoms with van der Waals surface area (Å²) in [6, 6.07) is -0.642. The van der Waals surface area contributed by atoms with Crippen molar-refractivity contribution >= 4 is 18.1 Å². The molecule has 1 amide bonds.